The average Bonchev–Trinajstić information content (AvgIpc) is 2.24. The Morgan fingerprint density at radius 2 is 1.88 bits per heavy atom. The van der Waals surface area contributed by atoms with Gasteiger partial charge in [-0.05, 0) is 18.6 Å². The lowest BCUT2D eigenvalue weighted by molar-refractivity contribution is -0.0478. The summed E-state index contributed by atoms with van der Waals surface area (Å²) in [5, 5.41) is 9.37. The zero-order chi connectivity index (χ0) is 11.7. The molecule has 1 aromatic rings. The van der Waals surface area contributed by atoms with Crippen molar-refractivity contribution < 1.29 is 23.0 Å². The quantitative estimate of drug-likeness (QED) is 0.753. The molecule has 1 aliphatic rings. The molecule has 2 rings (SSSR count). The lowest BCUT2D eigenvalue weighted by Gasteiger charge is -2.27. The van der Waals surface area contributed by atoms with E-state index in [4.69, 9.17) is 4.74 Å². The minimum absolute atomic E-state index is 0.0806. The number of hydrogen-bond acceptors (Lipinski definition) is 2. The van der Waals surface area contributed by atoms with Gasteiger partial charge >= 0.3 is 0 Å². The second-order valence-electron chi connectivity index (χ2n) is 3.79. The zero-order valence-corrected chi connectivity index (χ0v) is 8.42. The van der Waals surface area contributed by atoms with Crippen LogP contribution in [0, 0.1) is 17.5 Å². The highest BCUT2D eigenvalue weighted by Gasteiger charge is 2.28. The number of benzene rings is 1. The zero-order valence-electron chi connectivity index (χ0n) is 8.42. The van der Waals surface area contributed by atoms with Crippen LogP contribution >= 0.6 is 0 Å². The molecule has 2 atom stereocenters. The van der Waals surface area contributed by atoms with Crippen LogP contribution in [0.2, 0.25) is 0 Å². The van der Waals surface area contributed by atoms with E-state index in [0.29, 0.717) is 6.42 Å². The second-order valence-corrected chi connectivity index (χ2v) is 3.79. The predicted octanol–water partition coefficient (Wildman–Crippen LogP) is 2.32. The van der Waals surface area contributed by atoms with Gasteiger partial charge in [0.05, 0.1) is 17.8 Å². The van der Waals surface area contributed by atoms with Crippen molar-refractivity contribution in [2.24, 2.45) is 0 Å². The van der Waals surface area contributed by atoms with Crippen molar-refractivity contribution in [2.75, 3.05) is 6.61 Å². The third kappa shape index (κ3) is 2.05. The van der Waals surface area contributed by atoms with Crippen molar-refractivity contribution in [3.63, 3.8) is 0 Å². The summed E-state index contributed by atoms with van der Waals surface area (Å²) in [6, 6.07) is 1.59. The van der Waals surface area contributed by atoms with Gasteiger partial charge in [0.2, 0.25) is 0 Å². The maximum Gasteiger partial charge on any atom is 0.167 e. The monoisotopic (exact) mass is 232 g/mol. The van der Waals surface area contributed by atoms with Crippen molar-refractivity contribution in [3.05, 3.63) is 35.1 Å². The van der Waals surface area contributed by atoms with Crippen molar-refractivity contribution in [2.45, 2.75) is 25.0 Å². The number of aliphatic hydroxyl groups is 1. The molecule has 1 fully saturated rings. The maximum atomic E-state index is 13.4. The average molecular weight is 232 g/mol. The summed E-state index contributed by atoms with van der Waals surface area (Å²) in [5.41, 5.74) is -0.432. The molecule has 1 heterocycles. The van der Waals surface area contributed by atoms with Crippen LogP contribution in [-0.2, 0) is 4.74 Å². The van der Waals surface area contributed by atoms with Gasteiger partial charge < -0.3 is 9.84 Å². The van der Waals surface area contributed by atoms with Crippen LogP contribution in [0.15, 0.2) is 12.1 Å². The molecule has 1 saturated heterocycles. The number of ether oxygens (including phenoxy) is 1. The van der Waals surface area contributed by atoms with E-state index in [1.54, 1.807) is 0 Å². The second kappa shape index (κ2) is 4.43. The largest absolute Gasteiger partial charge is 0.393 e. The summed E-state index contributed by atoms with van der Waals surface area (Å²) in [5.74, 6) is -3.20. The van der Waals surface area contributed by atoms with Gasteiger partial charge in [-0.1, -0.05) is 0 Å². The van der Waals surface area contributed by atoms with Crippen LogP contribution in [0.5, 0.6) is 0 Å². The van der Waals surface area contributed by atoms with E-state index in [1.165, 1.54) is 0 Å². The normalized spacial score (nSPS) is 25.8. The van der Waals surface area contributed by atoms with E-state index in [2.05, 4.69) is 0 Å². The molecular formula is C11H11F3O2. The van der Waals surface area contributed by atoms with Crippen LogP contribution in [0.4, 0.5) is 13.2 Å². The minimum Gasteiger partial charge on any atom is -0.393 e. The molecule has 2 unspecified atom stereocenters. The highest BCUT2D eigenvalue weighted by molar-refractivity contribution is 5.24. The summed E-state index contributed by atoms with van der Waals surface area (Å²) in [7, 11) is 0. The smallest absolute Gasteiger partial charge is 0.167 e. The minimum atomic E-state index is -1.24. The van der Waals surface area contributed by atoms with E-state index >= 15 is 0 Å². The van der Waals surface area contributed by atoms with Gasteiger partial charge in [-0.3, -0.25) is 0 Å². The molecule has 1 aromatic carbocycles. The first-order valence-electron chi connectivity index (χ1n) is 5.02. The standard InChI is InChI=1S/C11H11F3O2/c12-7-1-2-8(13)11(14)10(7)9-5-6(15)3-4-16-9/h1-2,6,9,15H,3-5H2. The molecule has 2 nitrogen and oxygen atoms in total. The molecule has 0 spiro atoms. The Morgan fingerprint density at radius 1 is 1.19 bits per heavy atom. The van der Waals surface area contributed by atoms with Crippen LogP contribution in [-0.4, -0.2) is 17.8 Å². The number of hydrogen-bond donors (Lipinski definition) is 1. The molecule has 0 aromatic heterocycles. The highest BCUT2D eigenvalue weighted by atomic mass is 19.2. The fourth-order valence-corrected chi connectivity index (χ4v) is 1.82. The van der Waals surface area contributed by atoms with E-state index in [0.717, 1.165) is 12.1 Å². The van der Waals surface area contributed by atoms with Crippen LogP contribution in [0.1, 0.15) is 24.5 Å². The van der Waals surface area contributed by atoms with Crippen LogP contribution in [0.25, 0.3) is 0 Å². The summed E-state index contributed by atoms with van der Waals surface area (Å²) in [4.78, 5) is 0. The molecule has 0 amide bonds. The van der Waals surface area contributed by atoms with Crippen molar-refractivity contribution in [1.82, 2.24) is 0 Å². The van der Waals surface area contributed by atoms with Crippen molar-refractivity contribution in [3.8, 4) is 0 Å². The van der Waals surface area contributed by atoms with Gasteiger partial charge in [-0.2, -0.15) is 0 Å². The van der Waals surface area contributed by atoms with Gasteiger partial charge in [0.25, 0.3) is 0 Å². The number of aliphatic hydroxyl groups excluding tert-OH is 1. The first kappa shape index (κ1) is 11.4. The van der Waals surface area contributed by atoms with E-state index in [9.17, 15) is 18.3 Å². The molecule has 0 radical (unpaired) electrons. The Bertz CT molecular complexity index is 395. The third-order valence-corrected chi connectivity index (χ3v) is 2.66. The van der Waals surface area contributed by atoms with Gasteiger partial charge in [0.15, 0.2) is 11.6 Å². The van der Waals surface area contributed by atoms with Crippen LogP contribution in [0.3, 0.4) is 0 Å². The molecule has 0 saturated carbocycles. The Labute approximate surface area is 90.7 Å². The maximum absolute atomic E-state index is 13.4. The molecule has 5 heteroatoms. The molecule has 88 valence electrons. The lowest BCUT2D eigenvalue weighted by atomic mass is 9.98. The fourth-order valence-electron chi connectivity index (χ4n) is 1.82. The van der Waals surface area contributed by atoms with E-state index < -0.39 is 35.2 Å². The summed E-state index contributed by atoms with van der Waals surface area (Å²) in [6.45, 7) is 0.210. The highest BCUT2D eigenvalue weighted by Crippen LogP contribution is 2.32. The Hall–Kier alpha value is -1.07. The van der Waals surface area contributed by atoms with Crippen LogP contribution < -0.4 is 0 Å². The molecule has 1 aliphatic heterocycles. The molecule has 1 N–H and O–H groups in total. The first-order chi connectivity index (χ1) is 7.59. The number of halogens is 3. The number of rotatable bonds is 1. The van der Waals surface area contributed by atoms with Crippen molar-refractivity contribution in [1.29, 1.82) is 0 Å². The van der Waals surface area contributed by atoms with Crippen molar-refractivity contribution >= 4 is 0 Å². The first-order valence-corrected chi connectivity index (χ1v) is 5.02. The molecule has 0 aliphatic carbocycles. The van der Waals surface area contributed by atoms with E-state index in [1.807, 2.05) is 0 Å². The third-order valence-electron chi connectivity index (χ3n) is 2.66. The van der Waals surface area contributed by atoms with Gasteiger partial charge in [-0.25, -0.2) is 13.2 Å². The molecule has 0 bridgehead atoms. The molecule has 16 heavy (non-hydrogen) atoms. The van der Waals surface area contributed by atoms with E-state index in [-0.39, 0.29) is 13.0 Å². The summed E-state index contributed by atoms with van der Waals surface area (Å²) < 4.78 is 44.9. The fraction of sp³-hybridized carbons (Fsp3) is 0.455. The Kier molecular flexibility index (Phi) is 3.16. The SMILES string of the molecule is OC1CCOC(c2c(F)ccc(F)c2F)C1. The summed E-state index contributed by atoms with van der Waals surface area (Å²) >= 11 is 0. The Morgan fingerprint density at radius 3 is 2.56 bits per heavy atom. The lowest BCUT2D eigenvalue weighted by Crippen LogP contribution is -2.25. The van der Waals surface area contributed by atoms with Gasteiger partial charge in [-0.15, -0.1) is 0 Å². The summed E-state index contributed by atoms with van der Waals surface area (Å²) in [6.07, 6.45) is -1.08. The molecular weight excluding hydrogens is 221 g/mol. The van der Waals surface area contributed by atoms with Gasteiger partial charge in [0.1, 0.15) is 5.82 Å². The van der Waals surface area contributed by atoms with Gasteiger partial charge in [0, 0.05) is 13.0 Å². The Balaban J connectivity index is 2.35. The predicted molar refractivity (Wildman–Crippen MR) is 50.2 cm³/mol. The topological polar surface area (TPSA) is 29.5 Å².